The van der Waals surface area contributed by atoms with E-state index in [2.05, 4.69) is 5.32 Å². The van der Waals surface area contributed by atoms with Crippen LogP contribution in [-0.4, -0.2) is 34.2 Å². The van der Waals surface area contributed by atoms with Gasteiger partial charge in [-0.25, -0.2) is 8.42 Å². The first-order valence-electron chi connectivity index (χ1n) is 8.82. The molecule has 27 heavy (non-hydrogen) atoms. The van der Waals surface area contributed by atoms with Crippen LogP contribution in [0.5, 0.6) is 5.75 Å². The highest BCUT2D eigenvalue weighted by Gasteiger charge is 2.17. The molecule has 0 radical (unpaired) electrons. The summed E-state index contributed by atoms with van der Waals surface area (Å²) in [5.41, 5.74) is 2.02. The molecule has 2 aromatic carbocycles. The predicted octanol–water partition coefficient (Wildman–Crippen LogP) is 3.36. The maximum Gasteiger partial charge on any atom is 0.251 e. The third-order valence-corrected chi connectivity index (χ3v) is 5.61. The number of nitrogens with zero attached hydrogens (tertiary/aromatic N) is 1. The minimum atomic E-state index is -3.34. The van der Waals surface area contributed by atoms with Crippen LogP contribution >= 0.6 is 0 Å². The third-order valence-electron chi connectivity index (χ3n) is 4.34. The van der Waals surface area contributed by atoms with E-state index in [1.54, 1.807) is 38.3 Å². The fraction of sp³-hybridized carbons (Fsp3) is 0.350. The summed E-state index contributed by atoms with van der Waals surface area (Å²) in [4.78, 5) is 12.6. The second-order valence-electron chi connectivity index (χ2n) is 6.18. The number of sulfonamides is 1. The lowest BCUT2D eigenvalue weighted by molar-refractivity contribution is 0.0935. The lowest BCUT2D eigenvalue weighted by Crippen LogP contribution is -2.30. The van der Waals surface area contributed by atoms with Gasteiger partial charge >= 0.3 is 0 Å². The van der Waals surface area contributed by atoms with E-state index < -0.39 is 10.0 Å². The van der Waals surface area contributed by atoms with E-state index in [0.717, 1.165) is 24.0 Å². The minimum absolute atomic E-state index is 0.119. The van der Waals surface area contributed by atoms with Gasteiger partial charge in [-0.05, 0) is 55.3 Å². The number of rotatable bonds is 8. The Morgan fingerprint density at radius 2 is 1.67 bits per heavy atom. The van der Waals surface area contributed by atoms with Gasteiger partial charge in [-0.1, -0.05) is 19.1 Å². The van der Waals surface area contributed by atoms with Crippen LogP contribution in [0.25, 0.3) is 0 Å². The molecule has 1 N–H and O–H groups in total. The molecule has 1 amide bonds. The van der Waals surface area contributed by atoms with Crippen molar-refractivity contribution in [2.75, 3.05) is 24.2 Å². The van der Waals surface area contributed by atoms with E-state index in [0.29, 0.717) is 17.8 Å². The SMILES string of the molecule is CC[C@@H](NC(=O)c1ccc(N(CC)S(C)(=O)=O)cc1)c1ccc(OC)cc1. The highest BCUT2D eigenvalue weighted by Crippen LogP contribution is 2.22. The normalized spacial score (nSPS) is 12.3. The second-order valence-corrected chi connectivity index (χ2v) is 8.09. The van der Waals surface area contributed by atoms with Crippen molar-refractivity contribution in [1.29, 1.82) is 0 Å². The summed E-state index contributed by atoms with van der Waals surface area (Å²) < 4.78 is 30.1. The number of carbonyl (C=O) groups is 1. The fourth-order valence-electron chi connectivity index (χ4n) is 2.89. The average molecular weight is 391 g/mol. The predicted molar refractivity (Wildman–Crippen MR) is 108 cm³/mol. The summed E-state index contributed by atoms with van der Waals surface area (Å²) in [6.45, 7) is 4.10. The van der Waals surface area contributed by atoms with Gasteiger partial charge in [0.25, 0.3) is 5.91 Å². The molecule has 0 unspecified atom stereocenters. The van der Waals surface area contributed by atoms with E-state index in [-0.39, 0.29) is 11.9 Å². The van der Waals surface area contributed by atoms with Gasteiger partial charge in [-0.15, -0.1) is 0 Å². The molecule has 0 aliphatic heterocycles. The Kier molecular flexibility index (Phi) is 6.85. The van der Waals surface area contributed by atoms with Gasteiger partial charge in [0, 0.05) is 12.1 Å². The molecule has 0 saturated carbocycles. The van der Waals surface area contributed by atoms with Crippen LogP contribution in [0.3, 0.4) is 0 Å². The Morgan fingerprint density at radius 3 is 2.11 bits per heavy atom. The first-order chi connectivity index (χ1) is 12.8. The van der Waals surface area contributed by atoms with Crippen LogP contribution in [0, 0.1) is 0 Å². The molecule has 0 bridgehead atoms. The van der Waals surface area contributed by atoms with Gasteiger partial charge < -0.3 is 10.1 Å². The lowest BCUT2D eigenvalue weighted by atomic mass is 10.0. The standard InChI is InChI=1S/C20H26N2O4S/c1-5-19(15-9-13-18(26-3)14-10-15)21-20(23)16-7-11-17(12-8-16)22(6-2)27(4,24)25/h7-14,19H,5-6H2,1-4H3,(H,21,23)/t19-/m1/s1. The molecule has 0 fully saturated rings. The first kappa shape index (κ1) is 20.8. The van der Waals surface area contributed by atoms with Crippen molar-refractivity contribution in [3.8, 4) is 5.75 Å². The number of carbonyl (C=O) groups excluding carboxylic acids is 1. The third kappa shape index (κ3) is 5.23. The maximum atomic E-state index is 12.6. The van der Waals surface area contributed by atoms with Crippen molar-refractivity contribution in [3.63, 3.8) is 0 Å². The van der Waals surface area contributed by atoms with Crippen molar-refractivity contribution in [2.45, 2.75) is 26.3 Å². The Morgan fingerprint density at radius 1 is 1.07 bits per heavy atom. The number of benzene rings is 2. The topological polar surface area (TPSA) is 75.7 Å². The molecule has 0 aliphatic rings. The highest BCUT2D eigenvalue weighted by atomic mass is 32.2. The van der Waals surface area contributed by atoms with Crippen LogP contribution in [0.1, 0.15) is 42.2 Å². The zero-order valence-electron chi connectivity index (χ0n) is 16.1. The van der Waals surface area contributed by atoms with Crippen molar-refractivity contribution in [1.82, 2.24) is 5.32 Å². The van der Waals surface area contributed by atoms with Crippen LogP contribution in [0.2, 0.25) is 0 Å². The van der Waals surface area contributed by atoms with Gasteiger partial charge in [0.15, 0.2) is 0 Å². The number of ether oxygens (including phenoxy) is 1. The summed E-state index contributed by atoms with van der Waals surface area (Å²) in [6.07, 6.45) is 1.91. The van der Waals surface area contributed by atoms with Crippen LogP contribution in [-0.2, 0) is 10.0 Å². The molecule has 2 rings (SSSR count). The summed E-state index contributed by atoms with van der Waals surface area (Å²) in [7, 11) is -1.73. The highest BCUT2D eigenvalue weighted by molar-refractivity contribution is 7.92. The zero-order valence-corrected chi connectivity index (χ0v) is 16.9. The van der Waals surface area contributed by atoms with Crippen molar-refractivity contribution >= 4 is 21.6 Å². The summed E-state index contributed by atoms with van der Waals surface area (Å²) in [5.74, 6) is 0.563. The Hall–Kier alpha value is -2.54. The average Bonchev–Trinajstić information content (AvgIpc) is 2.66. The Balaban J connectivity index is 2.14. The van der Waals surface area contributed by atoms with Crippen LogP contribution in [0.4, 0.5) is 5.69 Å². The summed E-state index contributed by atoms with van der Waals surface area (Å²) >= 11 is 0. The molecule has 0 aliphatic carbocycles. The van der Waals surface area contributed by atoms with Gasteiger partial charge in [0.2, 0.25) is 10.0 Å². The molecule has 1 atom stereocenters. The van der Waals surface area contributed by atoms with Gasteiger partial charge in [0.05, 0.1) is 25.1 Å². The number of anilines is 1. The van der Waals surface area contributed by atoms with Gasteiger partial charge in [-0.3, -0.25) is 9.10 Å². The molecular weight excluding hydrogens is 364 g/mol. The number of hydrogen-bond acceptors (Lipinski definition) is 4. The molecule has 0 spiro atoms. The Bertz CT molecular complexity index is 862. The van der Waals surface area contributed by atoms with Crippen LogP contribution in [0.15, 0.2) is 48.5 Å². The molecule has 0 saturated heterocycles. The van der Waals surface area contributed by atoms with E-state index in [9.17, 15) is 13.2 Å². The van der Waals surface area contributed by atoms with Crippen molar-refractivity contribution in [2.24, 2.45) is 0 Å². The number of amides is 1. The first-order valence-corrected chi connectivity index (χ1v) is 10.7. The van der Waals surface area contributed by atoms with E-state index in [1.165, 1.54) is 4.31 Å². The van der Waals surface area contributed by atoms with E-state index in [1.807, 2.05) is 31.2 Å². The molecule has 7 heteroatoms. The maximum absolute atomic E-state index is 12.6. The molecule has 6 nitrogen and oxygen atoms in total. The van der Waals surface area contributed by atoms with Crippen molar-refractivity contribution in [3.05, 3.63) is 59.7 Å². The monoisotopic (exact) mass is 390 g/mol. The Labute approximate surface area is 161 Å². The molecule has 0 aromatic heterocycles. The summed E-state index contributed by atoms with van der Waals surface area (Å²) in [5, 5.41) is 3.02. The summed E-state index contributed by atoms with van der Waals surface area (Å²) in [6, 6.07) is 14.0. The lowest BCUT2D eigenvalue weighted by Gasteiger charge is -2.21. The second kappa shape index (κ2) is 8.90. The zero-order chi connectivity index (χ0) is 20.0. The smallest absolute Gasteiger partial charge is 0.251 e. The number of hydrogen-bond donors (Lipinski definition) is 1. The number of nitrogens with one attached hydrogen (secondary N) is 1. The molecule has 2 aromatic rings. The number of methoxy groups -OCH3 is 1. The van der Waals surface area contributed by atoms with Gasteiger partial charge in [-0.2, -0.15) is 0 Å². The minimum Gasteiger partial charge on any atom is -0.497 e. The fourth-order valence-corrected chi connectivity index (χ4v) is 3.86. The van der Waals surface area contributed by atoms with E-state index in [4.69, 9.17) is 4.74 Å². The molecule has 146 valence electrons. The largest absolute Gasteiger partial charge is 0.497 e. The molecular formula is C20H26N2O4S. The van der Waals surface area contributed by atoms with Gasteiger partial charge in [0.1, 0.15) is 5.75 Å². The van der Waals surface area contributed by atoms with Crippen LogP contribution < -0.4 is 14.4 Å². The quantitative estimate of drug-likeness (QED) is 0.750. The van der Waals surface area contributed by atoms with Crippen molar-refractivity contribution < 1.29 is 17.9 Å². The van der Waals surface area contributed by atoms with E-state index >= 15 is 0 Å². The molecule has 0 heterocycles.